The van der Waals surface area contributed by atoms with E-state index in [0.29, 0.717) is 19.5 Å². The van der Waals surface area contributed by atoms with Gasteiger partial charge in [-0.1, -0.05) is 18.2 Å². The van der Waals surface area contributed by atoms with Gasteiger partial charge in [-0.15, -0.1) is 0 Å². The molecule has 0 spiro atoms. The number of carbonyl (C=O) groups is 1. The maximum Gasteiger partial charge on any atom is 0.227 e. The highest BCUT2D eigenvalue weighted by Gasteiger charge is 2.22. The summed E-state index contributed by atoms with van der Waals surface area (Å²) in [7, 11) is 1.63. The van der Waals surface area contributed by atoms with Crippen LogP contribution in [-0.4, -0.2) is 54.1 Å². The molecule has 6 nitrogen and oxygen atoms in total. The standard InChI is InChI=1S/C17H20N4O2/c1-23-15-5-3-2-4-14(15)12-17(22)21-10-8-20(9-11-21)16-13-18-6-7-19-16/h2-7,13H,8-12H2,1H3. The predicted molar refractivity (Wildman–Crippen MR) is 87.5 cm³/mol. The fourth-order valence-corrected chi connectivity index (χ4v) is 2.76. The highest BCUT2D eigenvalue weighted by molar-refractivity contribution is 5.79. The van der Waals surface area contributed by atoms with Crippen LogP contribution in [0, 0.1) is 0 Å². The number of aromatic nitrogens is 2. The van der Waals surface area contributed by atoms with Gasteiger partial charge in [-0.25, -0.2) is 4.98 Å². The number of benzene rings is 1. The zero-order valence-corrected chi connectivity index (χ0v) is 13.2. The van der Waals surface area contributed by atoms with E-state index < -0.39 is 0 Å². The van der Waals surface area contributed by atoms with Gasteiger partial charge in [-0.3, -0.25) is 9.78 Å². The van der Waals surface area contributed by atoms with E-state index in [-0.39, 0.29) is 5.91 Å². The smallest absolute Gasteiger partial charge is 0.227 e. The van der Waals surface area contributed by atoms with Crippen molar-refractivity contribution in [2.24, 2.45) is 0 Å². The molecule has 1 saturated heterocycles. The third-order valence-corrected chi connectivity index (χ3v) is 4.04. The molecule has 0 aliphatic carbocycles. The van der Waals surface area contributed by atoms with Crippen molar-refractivity contribution < 1.29 is 9.53 Å². The molecule has 0 N–H and O–H groups in total. The van der Waals surface area contributed by atoms with Crippen molar-refractivity contribution in [1.82, 2.24) is 14.9 Å². The van der Waals surface area contributed by atoms with E-state index in [4.69, 9.17) is 4.74 Å². The van der Waals surface area contributed by atoms with E-state index in [1.807, 2.05) is 29.2 Å². The summed E-state index contributed by atoms with van der Waals surface area (Å²) in [5.41, 5.74) is 0.927. The van der Waals surface area contributed by atoms with Gasteiger partial charge < -0.3 is 14.5 Å². The number of amides is 1. The van der Waals surface area contributed by atoms with Gasteiger partial charge in [0.15, 0.2) is 0 Å². The Balaban J connectivity index is 1.58. The molecule has 1 aromatic heterocycles. The Hall–Kier alpha value is -2.63. The third-order valence-electron chi connectivity index (χ3n) is 4.04. The van der Waals surface area contributed by atoms with Crippen LogP contribution in [0.25, 0.3) is 0 Å². The summed E-state index contributed by atoms with van der Waals surface area (Å²) >= 11 is 0. The van der Waals surface area contributed by atoms with Gasteiger partial charge in [0.2, 0.25) is 5.91 Å². The van der Waals surface area contributed by atoms with E-state index >= 15 is 0 Å². The van der Waals surface area contributed by atoms with E-state index in [2.05, 4.69) is 14.9 Å². The van der Waals surface area contributed by atoms with Gasteiger partial charge in [0, 0.05) is 44.1 Å². The average molecular weight is 312 g/mol. The first kappa shape index (κ1) is 15.3. The molecule has 0 unspecified atom stereocenters. The number of hydrogen-bond donors (Lipinski definition) is 0. The molecule has 1 aliphatic heterocycles. The second-order valence-corrected chi connectivity index (χ2v) is 5.42. The molecule has 0 radical (unpaired) electrons. The van der Waals surface area contributed by atoms with Gasteiger partial charge in [0.05, 0.1) is 19.7 Å². The average Bonchev–Trinajstić information content (AvgIpc) is 2.63. The minimum Gasteiger partial charge on any atom is -0.496 e. The maximum atomic E-state index is 12.5. The van der Waals surface area contributed by atoms with E-state index in [0.717, 1.165) is 30.2 Å². The van der Waals surface area contributed by atoms with E-state index in [1.165, 1.54) is 0 Å². The first-order valence-electron chi connectivity index (χ1n) is 7.68. The molecule has 1 amide bonds. The fourth-order valence-electron chi connectivity index (χ4n) is 2.76. The van der Waals surface area contributed by atoms with Crippen LogP contribution in [0.1, 0.15) is 5.56 Å². The number of nitrogens with zero attached hydrogens (tertiary/aromatic N) is 4. The Morgan fingerprint density at radius 1 is 1.17 bits per heavy atom. The second kappa shape index (κ2) is 7.09. The van der Waals surface area contributed by atoms with Gasteiger partial charge in [-0.05, 0) is 6.07 Å². The van der Waals surface area contributed by atoms with Crippen LogP contribution in [0.4, 0.5) is 5.82 Å². The van der Waals surface area contributed by atoms with E-state index in [9.17, 15) is 4.79 Å². The molecule has 120 valence electrons. The monoisotopic (exact) mass is 312 g/mol. The van der Waals surface area contributed by atoms with Crippen LogP contribution in [0.15, 0.2) is 42.9 Å². The minimum absolute atomic E-state index is 0.133. The SMILES string of the molecule is COc1ccccc1CC(=O)N1CCN(c2cnccn2)CC1. The first-order chi connectivity index (χ1) is 11.3. The Morgan fingerprint density at radius 2 is 1.96 bits per heavy atom. The molecule has 1 aliphatic rings. The lowest BCUT2D eigenvalue weighted by Crippen LogP contribution is -2.49. The van der Waals surface area contributed by atoms with Crippen LogP contribution in [0.2, 0.25) is 0 Å². The van der Waals surface area contributed by atoms with Crippen molar-refractivity contribution in [3.63, 3.8) is 0 Å². The third kappa shape index (κ3) is 3.59. The number of ether oxygens (including phenoxy) is 1. The van der Waals surface area contributed by atoms with Gasteiger partial charge in [0.1, 0.15) is 11.6 Å². The molecule has 2 heterocycles. The van der Waals surface area contributed by atoms with Crippen LogP contribution < -0.4 is 9.64 Å². The Labute approximate surface area is 135 Å². The topological polar surface area (TPSA) is 58.6 Å². The Bertz CT molecular complexity index is 655. The molecule has 0 saturated carbocycles. The van der Waals surface area contributed by atoms with Gasteiger partial charge >= 0.3 is 0 Å². The highest BCUT2D eigenvalue weighted by Crippen LogP contribution is 2.19. The number of para-hydroxylation sites is 1. The zero-order chi connectivity index (χ0) is 16.1. The number of anilines is 1. The molecule has 1 fully saturated rings. The van der Waals surface area contributed by atoms with Crippen molar-refractivity contribution in [3.8, 4) is 5.75 Å². The first-order valence-corrected chi connectivity index (χ1v) is 7.68. The Kier molecular flexibility index (Phi) is 4.71. The Morgan fingerprint density at radius 3 is 2.65 bits per heavy atom. The molecule has 1 aromatic carbocycles. The van der Waals surface area contributed by atoms with Crippen molar-refractivity contribution in [2.45, 2.75) is 6.42 Å². The highest BCUT2D eigenvalue weighted by atomic mass is 16.5. The van der Waals surface area contributed by atoms with Gasteiger partial charge in [0.25, 0.3) is 0 Å². The van der Waals surface area contributed by atoms with E-state index in [1.54, 1.807) is 25.7 Å². The summed E-state index contributed by atoms with van der Waals surface area (Å²) in [6.45, 7) is 2.95. The number of rotatable bonds is 4. The lowest BCUT2D eigenvalue weighted by Gasteiger charge is -2.35. The molecule has 0 bridgehead atoms. The minimum atomic E-state index is 0.133. The molecular formula is C17H20N4O2. The summed E-state index contributed by atoms with van der Waals surface area (Å²) in [6.07, 6.45) is 5.48. The summed E-state index contributed by atoms with van der Waals surface area (Å²) in [5.74, 6) is 1.76. The lowest BCUT2D eigenvalue weighted by molar-refractivity contribution is -0.130. The number of piperazine rings is 1. The molecular weight excluding hydrogens is 292 g/mol. The number of hydrogen-bond acceptors (Lipinski definition) is 5. The molecule has 6 heteroatoms. The molecule has 3 rings (SSSR count). The molecule has 2 aromatic rings. The summed E-state index contributed by atoms with van der Waals surface area (Å²) < 4.78 is 5.31. The van der Waals surface area contributed by atoms with Crippen molar-refractivity contribution >= 4 is 11.7 Å². The molecule has 0 atom stereocenters. The summed E-state index contributed by atoms with van der Waals surface area (Å²) in [4.78, 5) is 25.0. The second-order valence-electron chi connectivity index (χ2n) is 5.42. The molecule has 23 heavy (non-hydrogen) atoms. The fraction of sp³-hybridized carbons (Fsp3) is 0.353. The summed E-state index contributed by atoms with van der Waals surface area (Å²) in [6, 6.07) is 7.66. The zero-order valence-electron chi connectivity index (χ0n) is 13.2. The van der Waals surface area contributed by atoms with Crippen molar-refractivity contribution in [3.05, 3.63) is 48.4 Å². The van der Waals surface area contributed by atoms with Crippen LogP contribution in [-0.2, 0) is 11.2 Å². The van der Waals surface area contributed by atoms with Crippen molar-refractivity contribution in [2.75, 3.05) is 38.2 Å². The largest absolute Gasteiger partial charge is 0.496 e. The predicted octanol–water partition coefficient (Wildman–Crippen LogP) is 1.38. The number of methoxy groups -OCH3 is 1. The van der Waals surface area contributed by atoms with Crippen LogP contribution >= 0.6 is 0 Å². The summed E-state index contributed by atoms with van der Waals surface area (Å²) in [5, 5.41) is 0. The maximum absolute atomic E-state index is 12.5. The normalized spacial score (nSPS) is 14.7. The van der Waals surface area contributed by atoms with Gasteiger partial charge in [-0.2, -0.15) is 0 Å². The van der Waals surface area contributed by atoms with Crippen LogP contribution in [0.5, 0.6) is 5.75 Å². The quantitative estimate of drug-likeness (QED) is 0.853. The lowest BCUT2D eigenvalue weighted by atomic mass is 10.1. The van der Waals surface area contributed by atoms with Crippen molar-refractivity contribution in [1.29, 1.82) is 0 Å². The number of carbonyl (C=O) groups excluding carboxylic acids is 1. The van der Waals surface area contributed by atoms with Crippen LogP contribution in [0.3, 0.4) is 0 Å².